The van der Waals surface area contributed by atoms with Gasteiger partial charge in [-0.1, -0.05) is 11.6 Å². The van der Waals surface area contributed by atoms with Crippen LogP contribution in [0.15, 0.2) is 17.1 Å². The Bertz CT molecular complexity index is 239. The van der Waals surface area contributed by atoms with Crippen LogP contribution in [-0.2, 0) is 0 Å². The molecule has 0 aliphatic heterocycles. The molecule has 0 atom stereocenters. The van der Waals surface area contributed by atoms with E-state index in [9.17, 15) is 0 Å². The molecule has 1 heterocycles. The predicted octanol–water partition coefficient (Wildman–Crippen LogP) is 1.61. The molecule has 9 heavy (non-hydrogen) atoms. The first kappa shape index (κ1) is 5.38. The van der Waals surface area contributed by atoms with Crippen molar-refractivity contribution < 1.29 is 1.37 Å². The van der Waals surface area contributed by atoms with E-state index in [-0.39, 0.29) is 16.9 Å². The zero-order valence-electron chi connectivity index (χ0n) is 5.43. The molecular weight excluding hydrogens is 156 g/mol. The van der Waals surface area contributed by atoms with Gasteiger partial charge in [0, 0.05) is 11.1 Å². The number of nitrogens with zero attached hydrogens (tertiary/aromatic N) is 1. The van der Waals surface area contributed by atoms with E-state index in [0.29, 0.717) is 4.90 Å². The van der Waals surface area contributed by atoms with Crippen molar-refractivity contribution in [2.24, 2.45) is 0 Å². The molecule has 0 aromatic carbocycles. The second-order valence-corrected chi connectivity index (χ2v) is 2.28. The molecule has 1 aromatic heterocycles. The molecule has 0 bridgehead atoms. The van der Waals surface area contributed by atoms with Crippen LogP contribution in [0.3, 0.4) is 0 Å². The molecule has 0 aliphatic carbocycles. The van der Waals surface area contributed by atoms with Crippen LogP contribution in [0, 0.1) is 0 Å². The minimum Gasteiger partial charge on any atom is -0.382 e. The van der Waals surface area contributed by atoms with Crippen molar-refractivity contribution in [3.8, 4) is 0 Å². The number of pyridine rings is 1. The lowest BCUT2D eigenvalue weighted by molar-refractivity contribution is 1.28. The number of hydrogen-bond donors (Lipinski definition) is 2. The average Bonchev–Trinajstić information content (AvgIpc) is 1.93. The van der Waals surface area contributed by atoms with Crippen molar-refractivity contribution in [1.29, 1.82) is 0 Å². The maximum absolute atomic E-state index is 7.18. The second-order valence-electron chi connectivity index (χ2n) is 1.45. The summed E-state index contributed by atoms with van der Waals surface area (Å²) in [5.74, 6) is 0.211. The third-order valence-corrected chi connectivity index (χ3v) is 1.70. The smallest absolute Gasteiger partial charge is 0.143 e. The molecule has 48 valence electrons. The Morgan fingerprint density at radius 2 is 2.56 bits per heavy atom. The van der Waals surface area contributed by atoms with Gasteiger partial charge in [0.05, 0.1) is 6.39 Å². The van der Waals surface area contributed by atoms with Gasteiger partial charge in [-0.2, -0.15) is 0 Å². The quantitative estimate of drug-likeness (QED) is 0.568. The highest BCUT2D eigenvalue weighted by atomic mass is 35.5. The number of aromatic nitrogens is 1. The van der Waals surface area contributed by atoms with E-state index in [2.05, 4.69) is 17.6 Å². The molecule has 0 amide bonds. The van der Waals surface area contributed by atoms with E-state index in [1.807, 2.05) is 0 Å². The molecule has 2 nitrogen and oxygen atoms in total. The van der Waals surface area contributed by atoms with Crippen LogP contribution in [0.1, 0.15) is 1.37 Å². The van der Waals surface area contributed by atoms with Gasteiger partial charge in [0.1, 0.15) is 5.82 Å². The van der Waals surface area contributed by atoms with E-state index in [4.69, 9.17) is 18.7 Å². The van der Waals surface area contributed by atoms with Crippen molar-refractivity contribution in [3.05, 3.63) is 17.3 Å². The number of nitrogens with two attached hydrogens (primary N) is 1. The van der Waals surface area contributed by atoms with Gasteiger partial charge in [0.2, 0.25) is 0 Å². The van der Waals surface area contributed by atoms with E-state index in [1.165, 1.54) is 6.20 Å². The van der Waals surface area contributed by atoms with E-state index in [0.717, 1.165) is 0 Å². The monoisotopic (exact) mass is 161 g/mol. The predicted molar refractivity (Wildman–Crippen MR) is 40.9 cm³/mol. The van der Waals surface area contributed by atoms with Crippen LogP contribution in [0.4, 0.5) is 5.82 Å². The average molecular weight is 162 g/mol. The highest BCUT2D eigenvalue weighted by molar-refractivity contribution is 7.80. The van der Waals surface area contributed by atoms with Gasteiger partial charge in [-0.15, -0.1) is 12.6 Å². The van der Waals surface area contributed by atoms with Gasteiger partial charge in [-0.25, -0.2) is 4.98 Å². The molecule has 0 radical (unpaired) electrons. The molecule has 0 saturated heterocycles. The molecule has 0 spiro atoms. The fraction of sp³-hybridized carbons (Fsp3) is 0. The Hall–Kier alpha value is -0.410. The van der Waals surface area contributed by atoms with Crippen LogP contribution in [0.5, 0.6) is 0 Å². The fourth-order valence-electron chi connectivity index (χ4n) is 0.404. The third kappa shape index (κ3) is 1.28. The van der Waals surface area contributed by atoms with Crippen LogP contribution in [0.25, 0.3) is 0 Å². The largest absolute Gasteiger partial charge is 0.382 e. The van der Waals surface area contributed by atoms with Gasteiger partial charge in [-0.05, 0) is 6.04 Å². The van der Waals surface area contributed by atoms with E-state index >= 15 is 0 Å². The number of rotatable bonds is 0. The van der Waals surface area contributed by atoms with Crippen LogP contribution in [-0.4, -0.2) is 4.98 Å². The molecule has 0 aliphatic rings. The van der Waals surface area contributed by atoms with Crippen molar-refractivity contribution in [2.75, 3.05) is 5.73 Å². The number of hydrogen-bond acceptors (Lipinski definition) is 3. The summed E-state index contributed by atoms with van der Waals surface area (Å²) in [6.07, 6.45) is 1.31. The van der Waals surface area contributed by atoms with E-state index < -0.39 is 0 Å². The molecule has 1 aromatic rings. The summed E-state index contributed by atoms with van der Waals surface area (Å²) < 4.78 is 7.18. The summed E-state index contributed by atoms with van der Waals surface area (Å²) in [7, 11) is 0. The summed E-state index contributed by atoms with van der Waals surface area (Å²) in [5.41, 5.74) is 5.31. The zero-order chi connectivity index (χ0) is 7.72. The summed E-state index contributed by atoms with van der Waals surface area (Å²) in [6.45, 7) is 0. The first-order valence-electron chi connectivity index (χ1n) is 2.72. The zero-order valence-corrected chi connectivity index (χ0v) is 6.08. The third-order valence-electron chi connectivity index (χ3n) is 0.838. The Kier molecular flexibility index (Phi) is 1.47. The van der Waals surface area contributed by atoms with Gasteiger partial charge >= 0.3 is 0 Å². The van der Waals surface area contributed by atoms with Gasteiger partial charge in [-0.3, -0.25) is 0 Å². The second kappa shape index (κ2) is 2.45. The van der Waals surface area contributed by atoms with Gasteiger partial charge < -0.3 is 5.73 Å². The fourth-order valence-corrected chi connectivity index (χ4v) is 0.680. The molecule has 4 heteroatoms. The number of nitrogen functional groups attached to an aromatic ring is 1. The number of thiol groups is 1. The van der Waals surface area contributed by atoms with Crippen molar-refractivity contribution >= 4 is 30.0 Å². The highest BCUT2D eigenvalue weighted by Gasteiger charge is 1.97. The van der Waals surface area contributed by atoms with E-state index in [1.54, 1.807) is 0 Å². The SMILES string of the molecule is [2H]c1cnc(N)c(Cl)c1S. The van der Waals surface area contributed by atoms with Crippen LogP contribution < -0.4 is 5.73 Å². The lowest BCUT2D eigenvalue weighted by Crippen LogP contribution is -1.89. The molecule has 0 fully saturated rings. The van der Waals surface area contributed by atoms with Crippen molar-refractivity contribution in [2.45, 2.75) is 4.90 Å². The van der Waals surface area contributed by atoms with Crippen molar-refractivity contribution in [3.63, 3.8) is 0 Å². The first-order valence-corrected chi connectivity index (χ1v) is 3.05. The molecule has 2 N–H and O–H groups in total. The minimum absolute atomic E-state index is 0.183. The van der Waals surface area contributed by atoms with Gasteiger partial charge in [0.25, 0.3) is 0 Å². The number of halogens is 1. The van der Waals surface area contributed by atoms with Gasteiger partial charge in [0.15, 0.2) is 0 Å². The van der Waals surface area contributed by atoms with Crippen LogP contribution >= 0.6 is 24.2 Å². The summed E-state index contributed by atoms with van der Waals surface area (Å²) in [5, 5.41) is 0.246. The standard InChI is InChI=1S/C5H5ClN2S/c6-4-3(9)1-2-8-5(4)7/h1-2H,(H3,7,8,9)/i1D. The lowest BCUT2D eigenvalue weighted by Gasteiger charge is -1.96. The highest BCUT2D eigenvalue weighted by Crippen LogP contribution is 2.22. The summed E-state index contributed by atoms with van der Waals surface area (Å²) in [4.78, 5) is 4.02. The Labute approximate surface area is 64.9 Å². The van der Waals surface area contributed by atoms with Crippen LogP contribution in [0.2, 0.25) is 5.02 Å². The topological polar surface area (TPSA) is 38.9 Å². The maximum Gasteiger partial charge on any atom is 0.143 e. The Morgan fingerprint density at radius 3 is 3.11 bits per heavy atom. The Morgan fingerprint density at radius 1 is 1.89 bits per heavy atom. The maximum atomic E-state index is 7.18. The van der Waals surface area contributed by atoms with Crippen molar-refractivity contribution in [1.82, 2.24) is 4.98 Å². The summed E-state index contributed by atoms with van der Waals surface area (Å²) >= 11 is 9.54. The molecule has 0 saturated carbocycles. The molecular formula is C5H5ClN2S. The lowest BCUT2D eigenvalue weighted by atomic mass is 10.5. The minimum atomic E-state index is 0.183. The summed E-state index contributed by atoms with van der Waals surface area (Å²) in [6, 6.07) is 0.183. The number of anilines is 1. The molecule has 0 unspecified atom stereocenters. The Balaban J connectivity index is 3.34. The first-order chi connectivity index (χ1) is 4.63. The normalized spacial score (nSPS) is 11.1. The molecule has 1 rings (SSSR count).